The lowest BCUT2D eigenvalue weighted by atomic mass is 10.4. The van der Waals surface area contributed by atoms with E-state index in [9.17, 15) is 0 Å². The summed E-state index contributed by atoms with van der Waals surface area (Å²) in [6, 6.07) is 1.73. The van der Waals surface area contributed by atoms with Crippen LogP contribution in [0.1, 0.15) is 11.5 Å². The van der Waals surface area contributed by atoms with Crippen LogP contribution in [0, 0.1) is 6.92 Å². The van der Waals surface area contributed by atoms with Gasteiger partial charge in [-0.05, 0) is 13.0 Å². The SMILES string of the molecule is Cc1cc(Cl)nc(CSc2cnccn2)n1. The summed E-state index contributed by atoms with van der Waals surface area (Å²) in [5.41, 5.74) is 0.870. The molecule has 0 radical (unpaired) electrons. The Labute approximate surface area is 103 Å². The fraction of sp³-hybridized carbons (Fsp3) is 0.200. The van der Waals surface area contributed by atoms with Gasteiger partial charge in [0.15, 0.2) is 0 Å². The van der Waals surface area contributed by atoms with Gasteiger partial charge in [0.2, 0.25) is 0 Å². The summed E-state index contributed by atoms with van der Waals surface area (Å²) in [4.78, 5) is 16.6. The average molecular weight is 253 g/mol. The number of aryl methyl sites for hydroxylation is 1. The van der Waals surface area contributed by atoms with Gasteiger partial charge in [-0.2, -0.15) is 0 Å². The van der Waals surface area contributed by atoms with Gasteiger partial charge in [0.05, 0.1) is 11.9 Å². The first-order valence-corrected chi connectivity index (χ1v) is 5.99. The van der Waals surface area contributed by atoms with Crippen LogP contribution in [-0.2, 0) is 5.75 Å². The first-order chi connectivity index (χ1) is 7.74. The Kier molecular flexibility index (Phi) is 3.69. The van der Waals surface area contributed by atoms with E-state index in [-0.39, 0.29) is 0 Å². The van der Waals surface area contributed by atoms with Crippen molar-refractivity contribution in [2.24, 2.45) is 0 Å². The van der Waals surface area contributed by atoms with Crippen LogP contribution in [0.25, 0.3) is 0 Å². The molecule has 0 amide bonds. The second-order valence-corrected chi connectivity index (χ2v) is 4.46. The number of hydrogen-bond donors (Lipinski definition) is 0. The van der Waals surface area contributed by atoms with E-state index >= 15 is 0 Å². The summed E-state index contributed by atoms with van der Waals surface area (Å²) in [5.74, 6) is 1.35. The summed E-state index contributed by atoms with van der Waals surface area (Å²) < 4.78 is 0. The predicted molar refractivity (Wildman–Crippen MR) is 63.4 cm³/mol. The van der Waals surface area contributed by atoms with Crippen molar-refractivity contribution in [1.29, 1.82) is 0 Å². The largest absolute Gasteiger partial charge is 0.260 e. The van der Waals surface area contributed by atoms with Crippen molar-refractivity contribution in [2.75, 3.05) is 0 Å². The molecule has 0 aliphatic carbocycles. The van der Waals surface area contributed by atoms with Crippen molar-refractivity contribution < 1.29 is 0 Å². The molecule has 0 aromatic carbocycles. The highest BCUT2D eigenvalue weighted by atomic mass is 35.5. The molecule has 2 aromatic rings. The molecule has 0 spiro atoms. The van der Waals surface area contributed by atoms with E-state index in [1.807, 2.05) is 6.92 Å². The molecule has 82 valence electrons. The molecular formula is C10H9ClN4S. The average Bonchev–Trinajstić information content (AvgIpc) is 2.27. The Morgan fingerprint density at radius 3 is 2.88 bits per heavy atom. The zero-order valence-electron chi connectivity index (χ0n) is 8.59. The van der Waals surface area contributed by atoms with E-state index in [0.29, 0.717) is 16.7 Å². The molecule has 2 heterocycles. The third-order valence-electron chi connectivity index (χ3n) is 1.76. The van der Waals surface area contributed by atoms with Gasteiger partial charge in [-0.3, -0.25) is 4.98 Å². The van der Waals surface area contributed by atoms with E-state index in [2.05, 4.69) is 19.9 Å². The maximum atomic E-state index is 5.84. The van der Waals surface area contributed by atoms with Crippen molar-refractivity contribution in [3.63, 3.8) is 0 Å². The second-order valence-electron chi connectivity index (χ2n) is 3.08. The topological polar surface area (TPSA) is 51.6 Å². The number of aromatic nitrogens is 4. The maximum Gasteiger partial charge on any atom is 0.140 e. The number of rotatable bonds is 3. The molecule has 4 nitrogen and oxygen atoms in total. The van der Waals surface area contributed by atoms with E-state index in [1.165, 1.54) is 11.8 Å². The molecule has 0 bridgehead atoms. The number of hydrogen-bond acceptors (Lipinski definition) is 5. The van der Waals surface area contributed by atoms with Crippen LogP contribution < -0.4 is 0 Å². The molecular weight excluding hydrogens is 244 g/mol. The molecule has 0 N–H and O–H groups in total. The van der Waals surface area contributed by atoms with Crippen molar-refractivity contribution >= 4 is 23.4 Å². The lowest BCUT2D eigenvalue weighted by Gasteiger charge is -2.01. The van der Waals surface area contributed by atoms with Gasteiger partial charge in [0, 0.05) is 18.1 Å². The smallest absolute Gasteiger partial charge is 0.140 e. The summed E-state index contributed by atoms with van der Waals surface area (Å²) in [6.07, 6.45) is 5.01. The highest BCUT2D eigenvalue weighted by Gasteiger charge is 2.02. The fourth-order valence-corrected chi connectivity index (χ4v) is 2.08. The minimum Gasteiger partial charge on any atom is -0.260 e. The molecule has 16 heavy (non-hydrogen) atoms. The van der Waals surface area contributed by atoms with Crippen LogP contribution in [0.3, 0.4) is 0 Å². The van der Waals surface area contributed by atoms with Crippen LogP contribution in [0.5, 0.6) is 0 Å². The molecule has 0 fully saturated rings. The maximum absolute atomic E-state index is 5.84. The Morgan fingerprint density at radius 2 is 2.19 bits per heavy atom. The standard InChI is InChI=1S/C10H9ClN4S/c1-7-4-8(11)15-9(14-7)6-16-10-5-12-2-3-13-10/h2-5H,6H2,1H3. The third-order valence-corrected chi connectivity index (χ3v) is 2.86. The second kappa shape index (κ2) is 5.23. The number of halogens is 1. The molecule has 6 heteroatoms. The van der Waals surface area contributed by atoms with Gasteiger partial charge in [-0.15, -0.1) is 0 Å². The van der Waals surface area contributed by atoms with Gasteiger partial charge in [-0.1, -0.05) is 23.4 Å². The molecule has 0 unspecified atom stereocenters. The molecule has 0 saturated heterocycles. The van der Waals surface area contributed by atoms with Crippen molar-refractivity contribution in [1.82, 2.24) is 19.9 Å². The third kappa shape index (κ3) is 3.15. The van der Waals surface area contributed by atoms with Crippen LogP contribution >= 0.6 is 23.4 Å². The van der Waals surface area contributed by atoms with E-state index in [1.54, 1.807) is 24.7 Å². The molecule has 2 aromatic heterocycles. The van der Waals surface area contributed by atoms with Crippen LogP contribution in [0.2, 0.25) is 5.15 Å². The first kappa shape index (κ1) is 11.3. The lowest BCUT2D eigenvalue weighted by molar-refractivity contribution is 0.988. The molecule has 0 aliphatic heterocycles. The Hall–Kier alpha value is -1.20. The van der Waals surface area contributed by atoms with E-state index < -0.39 is 0 Å². The predicted octanol–water partition coefficient (Wildman–Crippen LogP) is 2.52. The minimum atomic E-state index is 0.474. The first-order valence-electron chi connectivity index (χ1n) is 4.63. The van der Waals surface area contributed by atoms with Gasteiger partial charge in [0.1, 0.15) is 16.0 Å². The van der Waals surface area contributed by atoms with Crippen LogP contribution in [0.4, 0.5) is 0 Å². The highest BCUT2D eigenvalue weighted by molar-refractivity contribution is 7.98. The minimum absolute atomic E-state index is 0.474. The monoisotopic (exact) mass is 252 g/mol. The summed E-state index contributed by atoms with van der Waals surface area (Å²) in [5, 5.41) is 1.32. The summed E-state index contributed by atoms with van der Waals surface area (Å²) in [7, 11) is 0. The quantitative estimate of drug-likeness (QED) is 0.621. The van der Waals surface area contributed by atoms with Crippen molar-refractivity contribution in [3.05, 3.63) is 41.3 Å². The number of nitrogens with zero attached hydrogens (tertiary/aromatic N) is 4. The van der Waals surface area contributed by atoms with Crippen LogP contribution in [0.15, 0.2) is 29.7 Å². The molecule has 0 saturated carbocycles. The molecule has 0 aliphatic rings. The molecule has 0 atom stereocenters. The van der Waals surface area contributed by atoms with E-state index in [4.69, 9.17) is 11.6 Å². The zero-order chi connectivity index (χ0) is 11.4. The van der Waals surface area contributed by atoms with Gasteiger partial charge in [0.25, 0.3) is 0 Å². The Balaban J connectivity index is 2.05. The van der Waals surface area contributed by atoms with Crippen LogP contribution in [-0.4, -0.2) is 19.9 Å². The number of thioether (sulfide) groups is 1. The zero-order valence-corrected chi connectivity index (χ0v) is 10.2. The van der Waals surface area contributed by atoms with Crippen molar-refractivity contribution in [3.8, 4) is 0 Å². The van der Waals surface area contributed by atoms with E-state index in [0.717, 1.165) is 10.7 Å². The van der Waals surface area contributed by atoms with Gasteiger partial charge >= 0.3 is 0 Å². The Bertz CT molecular complexity index is 457. The molecule has 2 rings (SSSR count). The van der Waals surface area contributed by atoms with Crippen molar-refractivity contribution in [2.45, 2.75) is 17.7 Å². The lowest BCUT2D eigenvalue weighted by Crippen LogP contribution is -1.95. The summed E-state index contributed by atoms with van der Waals surface area (Å²) in [6.45, 7) is 1.89. The van der Waals surface area contributed by atoms with Gasteiger partial charge < -0.3 is 0 Å². The van der Waals surface area contributed by atoms with Gasteiger partial charge in [-0.25, -0.2) is 15.0 Å². The fourth-order valence-electron chi connectivity index (χ4n) is 1.15. The Morgan fingerprint density at radius 1 is 1.31 bits per heavy atom. The summed E-state index contributed by atoms with van der Waals surface area (Å²) >= 11 is 7.38. The normalized spacial score (nSPS) is 10.4. The highest BCUT2D eigenvalue weighted by Crippen LogP contribution is 2.18.